The Morgan fingerprint density at radius 1 is 1.33 bits per heavy atom. The number of hydrogen-bond acceptors (Lipinski definition) is 2. The molecule has 0 saturated carbocycles. The monoisotopic (exact) mass is 274 g/mol. The minimum Gasteiger partial charge on any atom is -0.461 e. The maximum Gasteiger partial charge on any atom is 0.309 e. The average Bonchev–Trinajstić information content (AvgIpc) is 2.15. The highest BCUT2D eigenvalue weighted by Crippen LogP contribution is 2.26. The fourth-order valence-corrected chi connectivity index (χ4v) is 1.37. The Morgan fingerprint density at radius 3 is 2.33 bits per heavy atom. The van der Waals surface area contributed by atoms with E-state index < -0.39 is 3.79 Å². The van der Waals surface area contributed by atoms with E-state index in [0.717, 1.165) is 25.7 Å². The van der Waals surface area contributed by atoms with Gasteiger partial charge in [-0.25, -0.2) is 0 Å². The van der Waals surface area contributed by atoms with Gasteiger partial charge in [-0.3, -0.25) is 4.79 Å². The number of ether oxygens (including phenoxy) is 1. The summed E-state index contributed by atoms with van der Waals surface area (Å²) in [7, 11) is 0. The molecule has 0 N–H and O–H groups in total. The second-order valence-corrected chi connectivity index (χ2v) is 5.99. The van der Waals surface area contributed by atoms with E-state index in [0.29, 0.717) is 0 Å². The third kappa shape index (κ3) is 8.18. The van der Waals surface area contributed by atoms with Crippen LogP contribution in [0.1, 0.15) is 39.5 Å². The highest BCUT2D eigenvalue weighted by Gasteiger charge is 2.25. The van der Waals surface area contributed by atoms with Gasteiger partial charge in [-0.05, 0) is 12.8 Å². The maximum atomic E-state index is 11.5. The van der Waals surface area contributed by atoms with E-state index in [4.69, 9.17) is 39.5 Å². The largest absolute Gasteiger partial charge is 0.461 e. The van der Waals surface area contributed by atoms with Crippen LogP contribution in [0.25, 0.3) is 0 Å². The minimum absolute atomic E-state index is 0.0719. The molecule has 0 rings (SSSR count). The van der Waals surface area contributed by atoms with Crippen molar-refractivity contribution < 1.29 is 9.53 Å². The first-order chi connectivity index (χ1) is 6.90. The standard InChI is InChI=1S/C10H17Cl3O2/c1-3-5-6-8(4-2)9(14)15-7-10(11,12)13/h8H,3-7H2,1-2H3. The summed E-state index contributed by atoms with van der Waals surface area (Å²) in [5.41, 5.74) is 0. The molecule has 0 aliphatic heterocycles. The van der Waals surface area contributed by atoms with Crippen LogP contribution in [0, 0.1) is 5.92 Å². The zero-order valence-corrected chi connectivity index (χ0v) is 11.3. The number of unbranched alkanes of at least 4 members (excludes halogenated alkanes) is 1. The zero-order valence-electron chi connectivity index (χ0n) is 9.06. The van der Waals surface area contributed by atoms with Crippen LogP contribution in [0.3, 0.4) is 0 Å². The first kappa shape index (κ1) is 15.3. The van der Waals surface area contributed by atoms with Crippen molar-refractivity contribution in [1.29, 1.82) is 0 Å². The molecule has 2 nitrogen and oxygen atoms in total. The van der Waals surface area contributed by atoms with Crippen LogP contribution in [0.15, 0.2) is 0 Å². The lowest BCUT2D eigenvalue weighted by atomic mass is 10.00. The van der Waals surface area contributed by atoms with Gasteiger partial charge in [0.25, 0.3) is 0 Å². The molecule has 0 aromatic heterocycles. The van der Waals surface area contributed by atoms with Crippen LogP contribution in [0.2, 0.25) is 0 Å². The fourth-order valence-electron chi connectivity index (χ4n) is 1.21. The van der Waals surface area contributed by atoms with Gasteiger partial charge < -0.3 is 4.74 Å². The predicted octanol–water partition coefficient (Wildman–Crippen LogP) is 4.12. The first-order valence-electron chi connectivity index (χ1n) is 5.14. The van der Waals surface area contributed by atoms with Crippen LogP contribution >= 0.6 is 34.8 Å². The molecule has 0 spiro atoms. The third-order valence-electron chi connectivity index (χ3n) is 2.11. The van der Waals surface area contributed by atoms with Gasteiger partial charge in [0.15, 0.2) is 0 Å². The Balaban J connectivity index is 3.94. The zero-order chi connectivity index (χ0) is 11.9. The van der Waals surface area contributed by atoms with Crippen molar-refractivity contribution >= 4 is 40.8 Å². The van der Waals surface area contributed by atoms with E-state index in [1.807, 2.05) is 6.92 Å². The molecule has 0 aromatic carbocycles. The molecule has 1 unspecified atom stereocenters. The maximum absolute atomic E-state index is 11.5. The summed E-state index contributed by atoms with van der Waals surface area (Å²) in [5.74, 6) is -0.338. The molecule has 90 valence electrons. The minimum atomic E-state index is -1.52. The number of halogens is 3. The molecule has 0 heterocycles. The van der Waals surface area contributed by atoms with Crippen LogP contribution in [0.5, 0.6) is 0 Å². The SMILES string of the molecule is CCCCC(CC)C(=O)OCC(Cl)(Cl)Cl. The first-order valence-corrected chi connectivity index (χ1v) is 6.27. The van der Waals surface area contributed by atoms with Crippen LogP contribution in [-0.2, 0) is 9.53 Å². The van der Waals surface area contributed by atoms with Crippen LogP contribution < -0.4 is 0 Å². The van der Waals surface area contributed by atoms with Crippen molar-refractivity contribution in [2.75, 3.05) is 6.61 Å². The number of rotatable bonds is 6. The molecule has 0 fully saturated rings. The van der Waals surface area contributed by atoms with Gasteiger partial charge >= 0.3 is 5.97 Å². The molecule has 0 aliphatic carbocycles. The van der Waals surface area contributed by atoms with Gasteiger partial charge in [0.1, 0.15) is 6.61 Å². The molecule has 0 amide bonds. The fraction of sp³-hybridized carbons (Fsp3) is 0.900. The highest BCUT2D eigenvalue weighted by molar-refractivity contribution is 6.67. The molecule has 0 saturated heterocycles. The van der Waals surface area contributed by atoms with Crippen molar-refractivity contribution in [3.8, 4) is 0 Å². The van der Waals surface area contributed by atoms with Gasteiger partial charge in [0.2, 0.25) is 3.79 Å². The Bertz CT molecular complexity index is 190. The number of esters is 1. The van der Waals surface area contributed by atoms with E-state index in [1.54, 1.807) is 0 Å². The predicted molar refractivity (Wildman–Crippen MR) is 64.6 cm³/mol. The van der Waals surface area contributed by atoms with Crippen LogP contribution in [-0.4, -0.2) is 16.4 Å². The highest BCUT2D eigenvalue weighted by atomic mass is 35.6. The Kier molecular flexibility index (Phi) is 7.76. The molecule has 5 heteroatoms. The van der Waals surface area contributed by atoms with Crippen LogP contribution in [0.4, 0.5) is 0 Å². The smallest absolute Gasteiger partial charge is 0.309 e. The van der Waals surface area contributed by atoms with Gasteiger partial charge in [-0.2, -0.15) is 0 Å². The van der Waals surface area contributed by atoms with E-state index in [1.165, 1.54) is 0 Å². The van der Waals surface area contributed by atoms with E-state index in [-0.39, 0.29) is 18.5 Å². The van der Waals surface area contributed by atoms with Crippen molar-refractivity contribution in [3.05, 3.63) is 0 Å². The van der Waals surface area contributed by atoms with Crippen molar-refractivity contribution in [1.82, 2.24) is 0 Å². The summed E-state index contributed by atoms with van der Waals surface area (Å²) in [6.07, 6.45) is 3.68. The normalized spacial score (nSPS) is 13.7. The molecule has 1 atom stereocenters. The Morgan fingerprint density at radius 2 is 1.93 bits per heavy atom. The lowest BCUT2D eigenvalue weighted by molar-refractivity contribution is -0.148. The quantitative estimate of drug-likeness (QED) is 0.538. The van der Waals surface area contributed by atoms with Gasteiger partial charge in [-0.1, -0.05) is 61.5 Å². The molecule has 0 radical (unpaired) electrons. The average molecular weight is 276 g/mol. The topological polar surface area (TPSA) is 26.3 Å². The summed E-state index contributed by atoms with van der Waals surface area (Å²) < 4.78 is 3.41. The molecule has 15 heavy (non-hydrogen) atoms. The second kappa shape index (κ2) is 7.59. The molecule has 0 bridgehead atoms. The summed E-state index contributed by atoms with van der Waals surface area (Å²) in [4.78, 5) is 11.5. The Hall–Kier alpha value is 0.340. The number of carbonyl (C=O) groups is 1. The summed E-state index contributed by atoms with van der Waals surface area (Å²) >= 11 is 16.4. The molecular formula is C10H17Cl3O2. The van der Waals surface area contributed by atoms with Crippen molar-refractivity contribution in [2.45, 2.75) is 43.3 Å². The second-order valence-electron chi connectivity index (χ2n) is 3.47. The van der Waals surface area contributed by atoms with E-state index >= 15 is 0 Å². The lowest BCUT2D eigenvalue weighted by Crippen LogP contribution is -2.23. The third-order valence-corrected chi connectivity index (χ3v) is 2.44. The summed E-state index contributed by atoms with van der Waals surface area (Å²) in [6.45, 7) is 3.86. The molecule has 0 aromatic rings. The van der Waals surface area contributed by atoms with E-state index in [9.17, 15) is 4.79 Å². The summed E-state index contributed by atoms with van der Waals surface area (Å²) in [6, 6.07) is 0. The van der Waals surface area contributed by atoms with Crippen molar-refractivity contribution in [3.63, 3.8) is 0 Å². The van der Waals surface area contributed by atoms with Crippen molar-refractivity contribution in [2.24, 2.45) is 5.92 Å². The molecular weight excluding hydrogens is 258 g/mol. The summed E-state index contributed by atoms with van der Waals surface area (Å²) in [5, 5.41) is 0. The Labute approximate surface area is 106 Å². The number of alkyl halides is 3. The van der Waals surface area contributed by atoms with E-state index in [2.05, 4.69) is 6.92 Å². The lowest BCUT2D eigenvalue weighted by Gasteiger charge is -2.16. The van der Waals surface area contributed by atoms with Gasteiger partial charge in [0.05, 0.1) is 5.92 Å². The number of carbonyl (C=O) groups excluding carboxylic acids is 1. The van der Waals surface area contributed by atoms with Gasteiger partial charge in [-0.15, -0.1) is 0 Å². The number of hydrogen-bond donors (Lipinski definition) is 0. The molecule has 0 aliphatic rings. The van der Waals surface area contributed by atoms with Gasteiger partial charge in [0, 0.05) is 0 Å².